The van der Waals surface area contributed by atoms with E-state index >= 15 is 0 Å². The topological polar surface area (TPSA) is 105 Å². The van der Waals surface area contributed by atoms with Crippen LogP contribution < -0.4 is 15.0 Å². The molecule has 1 aliphatic rings. The summed E-state index contributed by atoms with van der Waals surface area (Å²) in [5.41, 5.74) is 0.963. The molecule has 34 heavy (non-hydrogen) atoms. The summed E-state index contributed by atoms with van der Waals surface area (Å²) in [4.78, 5) is 41.6. The van der Waals surface area contributed by atoms with E-state index in [0.717, 1.165) is 11.3 Å². The number of amides is 2. The van der Waals surface area contributed by atoms with Gasteiger partial charge >= 0.3 is 0 Å². The molecule has 10 nitrogen and oxygen atoms in total. The second-order valence-corrected chi connectivity index (χ2v) is 8.35. The monoisotopic (exact) mass is 483 g/mol. The van der Waals surface area contributed by atoms with Crippen LogP contribution in [0.3, 0.4) is 0 Å². The van der Waals surface area contributed by atoms with Gasteiger partial charge in [0.25, 0.3) is 0 Å². The second kappa shape index (κ2) is 10.5. The third kappa shape index (κ3) is 5.63. The summed E-state index contributed by atoms with van der Waals surface area (Å²) < 4.78 is 6.83. The van der Waals surface area contributed by atoms with Gasteiger partial charge in [0.15, 0.2) is 0 Å². The molecule has 0 radical (unpaired) electrons. The Labute approximate surface area is 202 Å². The van der Waals surface area contributed by atoms with Crippen LogP contribution in [0.1, 0.15) is 18.9 Å². The number of carbonyl (C=O) groups is 2. The average molecular weight is 484 g/mol. The fourth-order valence-electron chi connectivity index (χ4n) is 3.93. The van der Waals surface area contributed by atoms with Gasteiger partial charge in [-0.1, -0.05) is 23.7 Å². The van der Waals surface area contributed by atoms with Gasteiger partial charge in [0.05, 0.1) is 13.2 Å². The van der Waals surface area contributed by atoms with Crippen LogP contribution in [0.4, 0.5) is 5.82 Å². The SMILES string of the molecule is COc1ccc(CNC(=O)CC2CN(c3cc(Cl)nc(-n4ccnc4)n3)CCN2C(C)=O)cc1. The van der Waals surface area contributed by atoms with E-state index in [9.17, 15) is 9.59 Å². The number of anilines is 1. The van der Waals surface area contributed by atoms with Crippen LogP contribution in [0.25, 0.3) is 5.95 Å². The van der Waals surface area contributed by atoms with Crippen LogP contribution in [0.5, 0.6) is 5.75 Å². The van der Waals surface area contributed by atoms with Gasteiger partial charge in [-0.15, -0.1) is 0 Å². The molecule has 2 amide bonds. The lowest BCUT2D eigenvalue weighted by molar-refractivity contribution is -0.133. The highest BCUT2D eigenvalue weighted by atomic mass is 35.5. The number of nitrogens with one attached hydrogen (secondary N) is 1. The Bertz CT molecular complexity index is 1140. The van der Waals surface area contributed by atoms with E-state index in [-0.39, 0.29) is 24.3 Å². The molecule has 1 atom stereocenters. The fourth-order valence-corrected chi connectivity index (χ4v) is 4.10. The minimum absolute atomic E-state index is 0.0626. The van der Waals surface area contributed by atoms with Gasteiger partial charge < -0.3 is 19.9 Å². The number of benzene rings is 1. The summed E-state index contributed by atoms with van der Waals surface area (Å²) in [6, 6.07) is 8.89. The van der Waals surface area contributed by atoms with Crippen molar-refractivity contribution in [2.24, 2.45) is 0 Å². The van der Waals surface area contributed by atoms with E-state index in [1.807, 2.05) is 29.2 Å². The van der Waals surface area contributed by atoms with Gasteiger partial charge in [-0.25, -0.2) is 9.97 Å². The zero-order valence-electron chi connectivity index (χ0n) is 19.0. The third-order valence-electron chi connectivity index (χ3n) is 5.69. The molecule has 1 aliphatic heterocycles. The highest BCUT2D eigenvalue weighted by molar-refractivity contribution is 6.29. The number of halogens is 1. The van der Waals surface area contributed by atoms with Crippen LogP contribution >= 0.6 is 11.6 Å². The standard InChI is InChI=1S/C23H26ClN7O3/c1-16(32)31-10-9-29(21-12-20(24)27-23(28-21)30-8-7-25-15-30)14-18(31)11-22(33)26-13-17-3-5-19(34-2)6-4-17/h3-8,12,15,18H,9-11,13-14H2,1-2H3,(H,26,33). The predicted octanol–water partition coefficient (Wildman–Crippen LogP) is 2.07. The van der Waals surface area contributed by atoms with E-state index in [0.29, 0.717) is 43.1 Å². The molecule has 0 saturated carbocycles. The number of ether oxygens (including phenoxy) is 1. The predicted molar refractivity (Wildman–Crippen MR) is 127 cm³/mol. The van der Waals surface area contributed by atoms with Crippen LogP contribution in [0.2, 0.25) is 5.15 Å². The molecule has 178 valence electrons. The number of hydrogen-bond acceptors (Lipinski definition) is 7. The lowest BCUT2D eigenvalue weighted by atomic mass is 10.1. The lowest BCUT2D eigenvalue weighted by Crippen LogP contribution is -2.56. The molecule has 2 aromatic heterocycles. The van der Waals surface area contributed by atoms with Gasteiger partial charge in [0, 0.05) is 58.0 Å². The first kappa shape index (κ1) is 23.5. The molecule has 1 aromatic carbocycles. The quantitative estimate of drug-likeness (QED) is 0.513. The summed E-state index contributed by atoms with van der Waals surface area (Å²) in [5, 5.41) is 3.24. The number of hydrogen-bond donors (Lipinski definition) is 1. The Morgan fingerprint density at radius 3 is 2.68 bits per heavy atom. The maximum Gasteiger partial charge on any atom is 0.238 e. The van der Waals surface area contributed by atoms with E-state index in [1.165, 1.54) is 6.92 Å². The normalized spacial score (nSPS) is 15.8. The minimum Gasteiger partial charge on any atom is -0.497 e. The molecule has 3 aromatic rings. The molecule has 0 bridgehead atoms. The number of methoxy groups -OCH3 is 1. The molecule has 4 rings (SSSR count). The first-order valence-corrected chi connectivity index (χ1v) is 11.3. The molecular formula is C23H26ClN7O3. The first-order chi connectivity index (χ1) is 16.4. The fraction of sp³-hybridized carbons (Fsp3) is 0.348. The van der Waals surface area contributed by atoms with Crippen LogP contribution in [-0.4, -0.2) is 69.0 Å². The van der Waals surface area contributed by atoms with Crippen LogP contribution in [0, 0.1) is 0 Å². The maximum absolute atomic E-state index is 12.7. The Morgan fingerprint density at radius 1 is 1.21 bits per heavy atom. The van der Waals surface area contributed by atoms with Crippen molar-refractivity contribution in [3.05, 3.63) is 59.8 Å². The average Bonchev–Trinajstić information content (AvgIpc) is 3.38. The van der Waals surface area contributed by atoms with E-state index in [2.05, 4.69) is 20.3 Å². The number of nitrogens with zero attached hydrogens (tertiary/aromatic N) is 6. The second-order valence-electron chi connectivity index (χ2n) is 7.96. The van der Waals surface area contributed by atoms with Crippen molar-refractivity contribution in [1.82, 2.24) is 29.7 Å². The van der Waals surface area contributed by atoms with Crippen molar-refractivity contribution in [3.63, 3.8) is 0 Å². The van der Waals surface area contributed by atoms with Crippen LogP contribution in [0.15, 0.2) is 49.1 Å². The van der Waals surface area contributed by atoms with Gasteiger partial charge in [-0.3, -0.25) is 14.2 Å². The van der Waals surface area contributed by atoms with Gasteiger partial charge in [-0.05, 0) is 17.7 Å². The van der Waals surface area contributed by atoms with Gasteiger partial charge in [0.2, 0.25) is 17.8 Å². The number of aromatic nitrogens is 4. The van der Waals surface area contributed by atoms with E-state index in [1.54, 1.807) is 41.4 Å². The third-order valence-corrected chi connectivity index (χ3v) is 5.88. The van der Waals surface area contributed by atoms with Crippen LogP contribution in [-0.2, 0) is 16.1 Å². The summed E-state index contributed by atoms with van der Waals surface area (Å²) in [7, 11) is 1.61. The Hall–Kier alpha value is -3.66. The molecule has 0 aliphatic carbocycles. The summed E-state index contributed by atoms with van der Waals surface area (Å²) in [5.74, 6) is 1.61. The summed E-state index contributed by atoms with van der Waals surface area (Å²) >= 11 is 6.26. The van der Waals surface area contributed by atoms with Crippen molar-refractivity contribution in [3.8, 4) is 11.7 Å². The molecule has 1 fully saturated rings. The summed E-state index contributed by atoms with van der Waals surface area (Å²) in [6.45, 7) is 3.42. The highest BCUT2D eigenvalue weighted by Crippen LogP contribution is 2.23. The first-order valence-electron chi connectivity index (χ1n) is 10.9. The highest BCUT2D eigenvalue weighted by Gasteiger charge is 2.31. The van der Waals surface area contributed by atoms with Gasteiger partial charge in [-0.2, -0.15) is 4.98 Å². The zero-order valence-corrected chi connectivity index (χ0v) is 19.8. The minimum atomic E-state index is -0.299. The largest absolute Gasteiger partial charge is 0.497 e. The van der Waals surface area contributed by atoms with Gasteiger partial charge in [0.1, 0.15) is 23.0 Å². The number of carbonyl (C=O) groups excluding carboxylic acids is 2. The Balaban J connectivity index is 1.44. The molecule has 0 spiro atoms. The van der Waals surface area contributed by atoms with Crippen molar-refractivity contribution in [2.45, 2.75) is 25.9 Å². The molecule has 1 unspecified atom stereocenters. The number of rotatable bonds is 7. The smallest absolute Gasteiger partial charge is 0.238 e. The number of piperazine rings is 1. The molecule has 1 N–H and O–H groups in total. The van der Waals surface area contributed by atoms with Crippen molar-refractivity contribution >= 4 is 29.2 Å². The molecular weight excluding hydrogens is 458 g/mol. The van der Waals surface area contributed by atoms with E-state index in [4.69, 9.17) is 16.3 Å². The zero-order chi connectivity index (χ0) is 24.1. The van der Waals surface area contributed by atoms with E-state index < -0.39 is 0 Å². The Morgan fingerprint density at radius 2 is 2.00 bits per heavy atom. The maximum atomic E-state index is 12.7. The van der Waals surface area contributed by atoms with Crippen molar-refractivity contribution < 1.29 is 14.3 Å². The molecule has 3 heterocycles. The summed E-state index contributed by atoms with van der Waals surface area (Å²) in [6.07, 6.45) is 5.15. The Kier molecular flexibility index (Phi) is 7.27. The number of imidazole rings is 1. The van der Waals surface area contributed by atoms with Crippen molar-refractivity contribution in [2.75, 3.05) is 31.6 Å². The lowest BCUT2D eigenvalue weighted by Gasteiger charge is -2.41. The molecule has 1 saturated heterocycles. The van der Waals surface area contributed by atoms with Crippen molar-refractivity contribution in [1.29, 1.82) is 0 Å². The molecule has 11 heteroatoms.